The highest BCUT2D eigenvalue weighted by Gasteiger charge is 2.18. The van der Waals surface area contributed by atoms with Gasteiger partial charge in [0, 0.05) is 16.1 Å². The number of fused-ring (bicyclic) bond motifs is 1. The SMILES string of the molecule is O=C(N/N=C\c1c(OC(=O)c2ccc(Cl)cc2Cl)ccc2ccccc12)C(=O)Nc1nnc(-c2ccccc2)s1. The Balaban J connectivity index is 1.31. The number of hydrazone groups is 1. The van der Waals surface area contributed by atoms with Crippen LogP contribution in [0.1, 0.15) is 15.9 Å². The molecular weight excluding hydrogens is 573 g/mol. The molecule has 2 amide bonds. The van der Waals surface area contributed by atoms with Gasteiger partial charge in [-0.05, 0) is 35.0 Å². The molecule has 0 aliphatic heterocycles. The van der Waals surface area contributed by atoms with E-state index in [-0.39, 0.29) is 21.5 Å². The fraction of sp³-hybridized carbons (Fsp3) is 0. The van der Waals surface area contributed by atoms with Crippen molar-refractivity contribution in [3.63, 3.8) is 0 Å². The first-order valence-corrected chi connectivity index (χ1v) is 13.2. The van der Waals surface area contributed by atoms with Crippen molar-refractivity contribution in [3.8, 4) is 16.3 Å². The lowest BCUT2D eigenvalue weighted by Gasteiger charge is -2.11. The minimum atomic E-state index is -1.03. The van der Waals surface area contributed by atoms with Gasteiger partial charge in [-0.2, -0.15) is 5.10 Å². The number of nitrogens with zero attached hydrogens (tertiary/aromatic N) is 3. The molecule has 2 N–H and O–H groups in total. The first kappa shape index (κ1) is 26.9. The molecule has 5 rings (SSSR count). The van der Waals surface area contributed by atoms with Crippen molar-refractivity contribution in [2.45, 2.75) is 0 Å². The van der Waals surface area contributed by atoms with E-state index in [1.165, 1.54) is 24.4 Å². The van der Waals surface area contributed by atoms with E-state index in [9.17, 15) is 14.4 Å². The summed E-state index contributed by atoms with van der Waals surface area (Å²) >= 11 is 13.2. The first-order valence-electron chi connectivity index (χ1n) is 11.6. The lowest BCUT2D eigenvalue weighted by Crippen LogP contribution is -2.32. The molecule has 0 radical (unpaired) electrons. The molecule has 5 aromatic rings. The number of amides is 2. The summed E-state index contributed by atoms with van der Waals surface area (Å²) in [4.78, 5) is 37.6. The topological polar surface area (TPSA) is 123 Å². The summed E-state index contributed by atoms with van der Waals surface area (Å²) in [6, 6.07) is 24.4. The lowest BCUT2D eigenvalue weighted by atomic mass is 10.0. The number of rotatable bonds is 6. The van der Waals surface area contributed by atoms with Gasteiger partial charge in [0.05, 0.1) is 16.8 Å². The molecule has 4 aromatic carbocycles. The lowest BCUT2D eigenvalue weighted by molar-refractivity contribution is -0.136. The minimum absolute atomic E-state index is 0.124. The van der Waals surface area contributed by atoms with E-state index in [1.54, 1.807) is 24.3 Å². The van der Waals surface area contributed by atoms with Crippen LogP contribution in [0.5, 0.6) is 5.75 Å². The van der Waals surface area contributed by atoms with Gasteiger partial charge in [-0.15, -0.1) is 10.2 Å². The average Bonchev–Trinajstić information content (AvgIpc) is 3.42. The van der Waals surface area contributed by atoms with Gasteiger partial charge in [-0.25, -0.2) is 10.2 Å². The van der Waals surface area contributed by atoms with Crippen molar-refractivity contribution in [2.24, 2.45) is 5.10 Å². The summed E-state index contributed by atoms with van der Waals surface area (Å²) in [6.07, 6.45) is 1.29. The number of hydrogen-bond donors (Lipinski definition) is 2. The number of nitrogens with one attached hydrogen (secondary N) is 2. The quantitative estimate of drug-likeness (QED) is 0.0826. The number of benzene rings is 4. The van der Waals surface area contributed by atoms with Crippen molar-refractivity contribution in [3.05, 3.63) is 106 Å². The number of ether oxygens (including phenoxy) is 1. The summed E-state index contributed by atoms with van der Waals surface area (Å²) in [5, 5.41) is 17.1. The molecule has 0 aliphatic rings. The summed E-state index contributed by atoms with van der Waals surface area (Å²) in [7, 11) is 0. The fourth-order valence-electron chi connectivity index (χ4n) is 3.64. The Morgan fingerprint density at radius 2 is 1.65 bits per heavy atom. The van der Waals surface area contributed by atoms with E-state index >= 15 is 0 Å². The van der Waals surface area contributed by atoms with Crippen LogP contribution >= 0.6 is 34.5 Å². The Kier molecular flexibility index (Phi) is 8.11. The van der Waals surface area contributed by atoms with E-state index in [1.807, 2.05) is 42.5 Å². The predicted octanol–water partition coefficient (Wildman–Crippen LogP) is 5.97. The number of hydrogen-bond acceptors (Lipinski definition) is 8. The largest absolute Gasteiger partial charge is 0.422 e. The number of carbonyl (C=O) groups excluding carboxylic acids is 3. The molecule has 0 saturated carbocycles. The molecule has 0 aliphatic carbocycles. The molecule has 12 heteroatoms. The van der Waals surface area contributed by atoms with Crippen LogP contribution < -0.4 is 15.5 Å². The smallest absolute Gasteiger partial charge is 0.345 e. The summed E-state index contributed by atoms with van der Waals surface area (Å²) < 4.78 is 5.62. The maximum absolute atomic E-state index is 12.8. The van der Waals surface area contributed by atoms with Crippen LogP contribution in [-0.2, 0) is 9.59 Å². The van der Waals surface area contributed by atoms with Crippen molar-refractivity contribution in [2.75, 3.05) is 5.32 Å². The molecule has 1 aromatic heterocycles. The van der Waals surface area contributed by atoms with Gasteiger partial charge in [-0.3, -0.25) is 14.9 Å². The molecule has 0 atom stereocenters. The molecule has 1 heterocycles. The van der Waals surface area contributed by atoms with Gasteiger partial charge in [0.2, 0.25) is 5.13 Å². The number of esters is 1. The standard InChI is InChI=1S/C28H17Cl2N5O4S/c29-18-11-12-20(22(30)14-18)27(38)39-23-13-10-16-6-4-5-9-19(16)21(23)15-31-33-25(37)24(36)32-28-35-34-26(40-28)17-7-2-1-3-8-17/h1-15H,(H,33,37)(H,32,35,36)/b31-15-. The van der Waals surface area contributed by atoms with Gasteiger partial charge in [0.25, 0.3) is 0 Å². The Labute approximate surface area is 241 Å². The van der Waals surface area contributed by atoms with Crippen LogP contribution in [0.15, 0.2) is 90.0 Å². The molecule has 9 nitrogen and oxygen atoms in total. The monoisotopic (exact) mass is 589 g/mol. The highest BCUT2D eigenvalue weighted by molar-refractivity contribution is 7.18. The Bertz CT molecular complexity index is 1780. The van der Waals surface area contributed by atoms with Crippen molar-refractivity contribution >= 4 is 74.4 Å². The van der Waals surface area contributed by atoms with E-state index in [2.05, 4.69) is 26.0 Å². The second kappa shape index (κ2) is 12.0. The van der Waals surface area contributed by atoms with Gasteiger partial charge in [0.1, 0.15) is 10.8 Å². The van der Waals surface area contributed by atoms with Crippen molar-refractivity contribution in [1.29, 1.82) is 0 Å². The Hall–Kier alpha value is -4.64. The summed E-state index contributed by atoms with van der Waals surface area (Å²) in [5.74, 6) is -2.55. The van der Waals surface area contributed by atoms with Crippen LogP contribution in [-0.4, -0.2) is 34.2 Å². The predicted molar refractivity (Wildman–Crippen MR) is 155 cm³/mol. The number of aromatic nitrogens is 2. The van der Waals surface area contributed by atoms with Crippen molar-refractivity contribution in [1.82, 2.24) is 15.6 Å². The maximum Gasteiger partial charge on any atom is 0.345 e. The number of halogens is 2. The molecule has 40 heavy (non-hydrogen) atoms. The molecule has 0 saturated heterocycles. The highest BCUT2D eigenvalue weighted by atomic mass is 35.5. The normalized spacial score (nSPS) is 10.9. The van der Waals surface area contributed by atoms with Crippen LogP contribution in [0.25, 0.3) is 21.3 Å². The summed E-state index contributed by atoms with van der Waals surface area (Å²) in [6.45, 7) is 0. The van der Waals surface area contributed by atoms with Gasteiger partial charge in [0.15, 0.2) is 0 Å². The molecule has 0 bridgehead atoms. The molecule has 0 unspecified atom stereocenters. The van der Waals surface area contributed by atoms with Crippen LogP contribution in [0, 0.1) is 0 Å². The van der Waals surface area contributed by atoms with Gasteiger partial charge < -0.3 is 4.74 Å². The zero-order chi connectivity index (χ0) is 28.1. The highest BCUT2D eigenvalue weighted by Crippen LogP contribution is 2.29. The van der Waals surface area contributed by atoms with Gasteiger partial charge in [-0.1, -0.05) is 95.2 Å². The van der Waals surface area contributed by atoms with Crippen LogP contribution in [0.4, 0.5) is 5.13 Å². The molecular formula is C28H17Cl2N5O4S. The molecule has 198 valence electrons. The third kappa shape index (κ3) is 6.15. The fourth-order valence-corrected chi connectivity index (χ4v) is 4.87. The zero-order valence-electron chi connectivity index (χ0n) is 20.3. The Morgan fingerprint density at radius 3 is 2.45 bits per heavy atom. The first-order chi connectivity index (χ1) is 19.4. The third-order valence-electron chi connectivity index (χ3n) is 5.52. The van der Waals surface area contributed by atoms with Crippen molar-refractivity contribution < 1.29 is 19.1 Å². The number of anilines is 1. The second-order valence-electron chi connectivity index (χ2n) is 8.14. The number of carbonyl (C=O) groups is 3. The van der Waals surface area contributed by atoms with Crippen LogP contribution in [0.3, 0.4) is 0 Å². The maximum atomic E-state index is 12.8. The summed E-state index contributed by atoms with van der Waals surface area (Å²) in [5.41, 5.74) is 3.53. The van der Waals surface area contributed by atoms with E-state index < -0.39 is 17.8 Å². The second-order valence-corrected chi connectivity index (χ2v) is 9.96. The molecule has 0 spiro atoms. The van der Waals surface area contributed by atoms with E-state index in [0.29, 0.717) is 21.0 Å². The van der Waals surface area contributed by atoms with Crippen LogP contribution in [0.2, 0.25) is 10.0 Å². The minimum Gasteiger partial charge on any atom is -0.422 e. The third-order valence-corrected chi connectivity index (χ3v) is 6.95. The average molecular weight is 590 g/mol. The van der Waals surface area contributed by atoms with E-state index in [4.69, 9.17) is 27.9 Å². The zero-order valence-corrected chi connectivity index (χ0v) is 22.6. The van der Waals surface area contributed by atoms with E-state index in [0.717, 1.165) is 22.3 Å². The molecule has 0 fully saturated rings. The van der Waals surface area contributed by atoms with Gasteiger partial charge >= 0.3 is 17.8 Å². The Morgan fingerprint density at radius 1 is 0.875 bits per heavy atom.